The zero-order chi connectivity index (χ0) is 15.0. The average Bonchev–Trinajstić information content (AvgIpc) is 2.41. The molecule has 0 saturated heterocycles. The SMILES string of the molecule is COCCN(CCC#N)CC(=O)c1ccc(F)cc1F. The van der Waals surface area contributed by atoms with Crippen LogP contribution < -0.4 is 0 Å². The van der Waals surface area contributed by atoms with Crippen LogP contribution in [0.5, 0.6) is 0 Å². The van der Waals surface area contributed by atoms with Gasteiger partial charge in [0.05, 0.1) is 24.8 Å². The van der Waals surface area contributed by atoms with E-state index in [1.54, 1.807) is 4.90 Å². The quantitative estimate of drug-likeness (QED) is 0.684. The molecule has 0 saturated carbocycles. The molecular weight excluding hydrogens is 266 g/mol. The Labute approximate surface area is 116 Å². The minimum Gasteiger partial charge on any atom is -0.383 e. The standard InChI is InChI=1S/C14H16F2N2O2/c1-20-8-7-18(6-2-5-17)10-14(19)12-4-3-11(15)9-13(12)16/h3-4,9H,2,6-8,10H2,1H3. The highest BCUT2D eigenvalue weighted by atomic mass is 19.1. The van der Waals surface area contributed by atoms with E-state index in [4.69, 9.17) is 10.00 Å². The van der Waals surface area contributed by atoms with Crippen LogP contribution in [0.2, 0.25) is 0 Å². The first-order valence-electron chi connectivity index (χ1n) is 6.15. The maximum Gasteiger partial charge on any atom is 0.179 e. The van der Waals surface area contributed by atoms with Gasteiger partial charge in [0.25, 0.3) is 0 Å². The van der Waals surface area contributed by atoms with Crippen LogP contribution >= 0.6 is 0 Å². The predicted molar refractivity (Wildman–Crippen MR) is 69.2 cm³/mol. The van der Waals surface area contributed by atoms with Gasteiger partial charge in [0.15, 0.2) is 5.78 Å². The van der Waals surface area contributed by atoms with Crippen molar-refractivity contribution < 1.29 is 18.3 Å². The summed E-state index contributed by atoms with van der Waals surface area (Å²) in [6.45, 7) is 1.24. The summed E-state index contributed by atoms with van der Waals surface area (Å²) in [7, 11) is 1.53. The van der Waals surface area contributed by atoms with Crippen molar-refractivity contribution in [3.05, 3.63) is 35.4 Å². The monoisotopic (exact) mass is 282 g/mol. The summed E-state index contributed by atoms with van der Waals surface area (Å²) in [5, 5.41) is 8.57. The number of carbonyl (C=O) groups excluding carboxylic acids is 1. The molecule has 0 bridgehead atoms. The first-order chi connectivity index (χ1) is 9.58. The van der Waals surface area contributed by atoms with E-state index in [0.717, 1.165) is 12.1 Å². The Hall–Kier alpha value is -1.84. The van der Waals surface area contributed by atoms with Gasteiger partial charge in [-0.15, -0.1) is 0 Å². The van der Waals surface area contributed by atoms with E-state index in [1.807, 2.05) is 6.07 Å². The first-order valence-corrected chi connectivity index (χ1v) is 6.15. The van der Waals surface area contributed by atoms with Crippen molar-refractivity contribution in [2.24, 2.45) is 0 Å². The zero-order valence-electron chi connectivity index (χ0n) is 11.2. The Morgan fingerprint density at radius 3 is 2.75 bits per heavy atom. The third kappa shape index (κ3) is 5.03. The number of nitrogens with zero attached hydrogens (tertiary/aromatic N) is 2. The van der Waals surface area contributed by atoms with Crippen LogP contribution in [-0.4, -0.2) is 44.0 Å². The summed E-state index contributed by atoms with van der Waals surface area (Å²) >= 11 is 0. The molecule has 0 radical (unpaired) electrons. The summed E-state index contributed by atoms with van der Waals surface area (Å²) in [6, 6.07) is 4.85. The Morgan fingerprint density at radius 2 is 2.15 bits per heavy atom. The van der Waals surface area contributed by atoms with Crippen molar-refractivity contribution in [3.8, 4) is 6.07 Å². The highest BCUT2D eigenvalue weighted by Crippen LogP contribution is 2.11. The zero-order valence-corrected chi connectivity index (χ0v) is 11.2. The van der Waals surface area contributed by atoms with Crippen LogP contribution in [0.3, 0.4) is 0 Å². The fourth-order valence-corrected chi connectivity index (χ4v) is 1.70. The van der Waals surface area contributed by atoms with Gasteiger partial charge in [-0.05, 0) is 12.1 Å². The number of hydrogen-bond acceptors (Lipinski definition) is 4. The second-order valence-electron chi connectivity index (χ2n) is 4.22. The smallest absolute Gasteiger partial charge is 0.179 e. The van der Waals surface area contributed by atoms with Gasteiger partial charge in [-0.2, -0.15) is 5.26 Å². The molecule has 0 heterocycles. The lowest BCUT2D eigenvalue weighted by Crippen LogP contribution is -2.33. The van der Waals surface area contributed by atoms with E-state index in [0.29, 0.717) is 25.8 Å². The number of halogens is 2. The molecule has 0 spiro atoms. The van der Waals surface area contributed by atoms with Crippen LogP contribution in [0.1, 0.15) is 16.8 Å². The minimum atomic E-state index is -0.873. The highest BCUT2D eigenvalue weighted by molar-refractivity contribution is 5.97. The molecule has 0 atom stereocenters. The maximum absolute atomic E-state index is 13.5. The lowest BCUT2D eigenvalue weighted by Gasteiger charge is -2.19. The normalized spacial score (nSPS) is 10.6. The van der Waals surface area contributed by atoms with Crippen molar-refractivity contribution in [1.29, 1.82) is 5.26 Å². The van der Waals surface area contributed by atoms with Gasteiger partial charge >= 0.3 is 0 Å². The molecule has 0 aliphatic rings. The molecule has 1 aromatic rings. The molecule has 0 amide bonds. The van der Waals surface area contributed by atoms with E-state index in [-0.39, 0.29) is 18.5 Å². The lowest BCUT2D eigenvalue weighted by atomic mass is 10.1. The molecule has 108 valence electrons. The molecule has 4 nitrogen and oxygen atoms in total. The van der Waals surface area contributed by atoms with Crippen molar-refractivity contribution in [3.63, 3.8) is 0 Å². The van der Waals surface area contributed by atoms with Crippen molar-refractivity contribution >= 4 is 5.78 Å². The molecule has 1 rings (SSSR count). The van der Waals surface area contributed by atoms with Crippen molar-refractivity contribution in [1.82, 2.24) is 4.90 Å². The van der Waals surface area contributed by atoms with Gasteiger partial charge in [-0.1, -0.05) is 0 Å². The van der Waals surface area contributed by atoms with Crippen LogP contribution in [0, 0.1) is 23.0 Å². The number of nitriles is 1. The fourth-order valence-electron chi connectivity index (χ4n) is 1.70. The number of ketones is 1. The van der Waals surface area contributed by atoms with Crippen LogP contribution in [0.15, 0.2) is 18.2 Å². The molecule has 0 N–H and O–H groups in total. The van der Waals surface area contributed by atoms with Gasteiger partial charge in [-0.25, -0.2) is 8.78 Å². The van der Waals surface area contributed by atoms with Gasteiger partial charge in [0.2, 0.25) is 0 Å². The predicted octanol–water partition coefficient (Wildman–Crippen LogP) is 2.01. The summed E-state index contributed by atoms with van der Waals surface area (Å²) in [5.74, 6) is -2.04. The first kappa shape index (κ1) is 16.2. The average molecular weight is 282 g/mol. The van der Waals surface area contributed by atoms with Gasteiger partial charge < -0.3 is 4.74 Å². The van der Waals surface area contributed by atoms with E-state index >= 15 is 0 Å². The van der Waals surface area contributed by atoms with Crippen LogP contribution in [0.4, 0.5) is 8.78 Å². The summed E-state index contributed by atoms with van der Waals surface area (Å²) in [4.78, 5) is 13.7. The largest absolute Gasteiger partial charge is 0.383 e. The van der Waals surface area contributed by atoms with E-state index in [9.17, 15) is 13.6 Å². The number of benzene rings is 1. The molecular formula is C14H16F2N2O2. The fraction of sp³-hybridized carbons (Fsp3) is 0.429. The molecule has 0 unspecified atom stereocenters. The minimum absolute atomic E-state index is 0.0341. The van der Waals surface area contributed by atoms with Gasteiger partial charge in [0, 0.05) is 32.7 Å². The van der Waals surface area contributed by atoms with Crippen molar-refractivity contribution in [2.75, 3.05) is 33.4 Å². The topological polar surface area (TPSA) is 53.3 Å². The second-order valence-corrected chi connectivity index (χ2v) is 4.22. The van der Waals surface area contributed by atoms with E-state index in [1.165, 1.54) is 7.11 Å². The Bertz CT molecular complexity index is 500. The van der Waals surface area contributed by atoms with Gasteiger partial charge in [-0.3, -0.25) is 9.69 Å². The third-order valence-corrected chi connectivity index (χ3v) is 2.75. The molecule has 0 aromatic heterocycles. The van der Waals surface area contributed by atoms with Crippen molar-refractivity contribution in [2.45, 2.75) is 6.42 Å². The Balaban J connectivity index is 2.71. The molecule has 20 heavy (non-hydrogen) atoms. The molecule has 0 aliphatic carbocycles. The van der Waals surface area contributed by atoms with E-state index < -0.39 is 17.4 Å². The number of carbonyl (C=O) groups is 1. The number of methoxy groups -OCH3 is 1. The maximum atomic E-state index is 13.5. The van der Waals surface area contributed by atoms with E-state index in [2.05, 4.69) is 0 Å². The van der Waals surface area contributed by atoms with Crippen LogP contribution in [0.25, 0.3) is 0 Å². The van der Waals surface area contributed by atoms with Gasteiger partial charge in [0.1, 0.15) is 11.6 Å². The molecule has 6 heteroatoms. The highest BCUT2D eigenvalue weighted by Gasteiger charge is 2.16. The molecule has 1 aromatic carbocycles. The molecule has 0 aliphatic heterocycles. The lowest BCUT2D eigenvalue weighted by molar-refractivity contribution is 0.0894. The van der Waals surface area contributed by atoms with Crippen LogP contribution in [-0.2, 0) is 4.74 Å². The number of Topliss-reactive ketones (excluding diaryl/α,β-unsaturated/α-hetero) is 1. The Kier molecular flexibility index (Phi) is 6.77. The number of ether oxygens (including phenoxy) is 1. The Morgan fingerprint density at radius 1 is 1.40 bits per heavy atom. The second kappa shape index (κ2) is 8.35. The summed E-state index contributed by atoms with van der Waals surface area (Å²) < 4.78 is 31.2. The molecule has 0 fully saturated rings. The summed E-state index contributed by atoms with van der Waals surface area (Å²) in [5.41, 5.74) is -0.147. The summed E-state index contributed by atoms with van der Waals surface area (Å²) in [6.07, 6.45) is 0.267. The number of hydrogen-bond donors (Lipinski definition) is 0. The third-order valence-electron chi connectivity index (χ3n) is 2.75. The number of rotatable bonds is 8.